The molecule has 10 nitrogen and oxygen atoms in total. The maximum Gasteiger partial charge on any atom is 0.333 e. The average Bonchev–Trinajstić information content (AvgIpc) is 2.76. The topological polar surface area (TPSA) is 143 Å². The smallest absolute Gasteiger partial charge is 0.333 e. The minimum atomic E-state index is -4.46. The third-order valence-corrected chi connectivity index (χ3v) is 6.09. The van der Waals surface area contributed by atoms with Crippen LogP contribution in [0.2, 0.25) is 0 Å². The molecule has 0 aliphatic rings. The minimum absolute atomic E-state index is 0.113. The lowest BCUT2D eigenvalue weighted by Crippen LogP contribution is -2.44. The number of amides is 2. The van der Waals surface area contributed by atoms with Gasteiger partial charge in [-0.3, -0.25) is 14.2 Å². The van der Waals surface area contributed by atoms with Gasteiger partial charge in [-0.25, -0.2) is 4.79 Å². The Hall–Kier alpha value is -2.26. The van der Waals surface area contributed by atoms with Gasteiger partial charge in [0, 0.05) is 31.1 Å². The van der Waals surface area contributed by atoms with Gasteiger partial charge >= 0.3 is 5.97 Å². The number of esters is 1. The SMILES string of the molecule is CCC.CCNC(=O)CC(C)(C)c1c(C)cc(C)cc1OC(=O)[C@@H](C)NC(=O)[C@H](C)COP(=O)([O-])OC. The summed E-state index contributed by atoms with van der Waals surface area (Å²) in [6.07, 6.45) is 1.45. The van der Waals surface area contributed by atoms with Gasteiger partial charge in [0.2, 0.25) is 11.8 Å². The van der Waals surface area contributed by atoms with E-state index in [0.29, 0.717) is 12.3 Å². The average molecular weight is 544 g/mol. The summed E-state index contributed by atoms with van der Waals surface area (Å²) in [6.45, 7) is 16.7. The number of hydrogen-bond donors (Lipinski definition) is 2. The summed E-state index contributed by atoms with van der Waals surface area (Å²) in [5.41, 5.74) is 1.85. The van der Waals surface area contributed by atoms with Gasteiger partial charge in [-0.15, -0.1) is 0 Å². The van der Waals surface area contributed by atoms with Gasteiger partial charge in [0.1, 0.15) is 11.8 Å². The Morgan fingerprint density at radius 2 is 1.68 bits per heavy atom. The van der Waals surface area contributed by atoms with E-state index in [1.54, 1.807) is 6.07 Å². The third-order valence-electron chi connectivity index (χ3n) is 5.17. The van der Waals surface area contributed by atoms with Crippen molar-refractivity contribution in [1.82, 2.24) is 10.6 Å². The van der Waals surface area contributed by atoms with Crippen molar-refractivity contribution in [2.75, 3.05) is 20.3 Å². The summed E-state index contributed by atoms with van der Waals surface area (Å²) < 4.78 is 25.8. The van der Waals surface area contributed by atoms with E-state index in [1.165, 1.54) is 20.3 Å². The van der Waals surface area contributed by atoms with Crippen molar-refractivity contribution >= 4 is 25.6 Å². The van der Waals surface area contributed by atoms with E-state index in [2.05, 4.69) is 33.5 Å². The standard InChI is InChI=1S/C23H37N2O8P.C3H8/c1-9-24-19(26)12-23(6,7)20-15(3)10-14(2)11-18(20)33-22(28)17(5)25-21(27)16(4)13-32-34(29,30)31-8;1-3-2/h10-11,16-17H,9,12-13H2,1-8H3,(H,24,26)(H,25,27)(H,29,30);3H2,1-2H3/p-1/t16-,17-;/m1./s1. The number of carbonyl (C=O) groups excluding carboxylic acids is 3. The number of benzene rings is 1. The number of rotatable bonds is 12. The summed E-state index contributed by atoms with van der Waals surface area (Å²) in [6, 6.07) is 2.66. The molecule has 0 aromatic heterocycles. The molecule has 0 heterocycles. The molecule has 3 atom stereocenters. The van der Waals surface area contributed by atoms with Crippen LogP contribution in [0.15, 0.2) is 12.1 Å². The summed E-state index contributed by atoms with van der Waals surface area (Å²) in [4.78, 5) is 48.7. The molecule has 0 spiro atoms. The summed E-state index contributed by atoms with van der Waals surface area (Å²) in [5.74, 6) is -1.94. The fourth-order valence-corrected chi connectivity index (χ4v) is 4.08. The fraction of sp³-hybridized carbons (Fsp3) is 0.654. The van der Waals surface area contributed by atoms with E-state index in [4.69, 9.17) is 4.74 Å². The van der Waals surface area contributed by atoms with Crippen LogP contribution in [0.4, 0.5) is 0 Å². The second kappa shape index (κ2) is 15.9. The molecule has 0 aliphatic heterocycles. The second-order valence-corrected chi connectivity index (χ2v) is 11.2. The molecule has 0 fully saturated rings. The lowest BCUT2D eigenvalue weighted by Gasteiger charge is -2.29. The zero-order valence-electron chi connectivity index (χ0n) is 23.9. The molecule has 2 amide bonds. The Balaban J connectivity index is 0.00000410. The molecule has 2 N–H and O–H groups in total. The summed E-state index contributed by atoms with van der Waals surface area (Å²) in [7, 11) is -3.51. The molecular weight excluding hydrogens is 499 g/mol. The van der Waals surface area contributed by atoms with Crippen molar-refractivity contribution in [2.24, 2.45) is 5.92 Å². The van der Waals surface area contributed by atoms with Gasteiger partial charge in [-0.1, -0.05) is 47.1 Å². The molecule has 37 heavy (non-hydrogen) atoms. The minimum Gasteiger partial charge on any atom is -0.756 e. The first kappa shape index (κ1) is 34.7. The summed E-state index contributed by atoms with van der Waals surface area (Å²) in [5, 5.41) is 5.29. The van der Waals surface area contributed by atoms with Crippen molar-refractivity contribution in [2.45, 2.75) is 86.6 Å². The maximum absolute atomic E-state index is 12.8. The molecule has 1 unspecified atom stereocenters. The van der Waals surface area contributed by atoms with Gasteiger partial charge in [-0.2, -0.15) is 0 Å². The van der Waals surface area contributed by atoms with Crippen molar-refractivity contribution in [3.8, 4) is 5.75 Å². The Bertz CT molecular complexity index is 964. The predicted octanol–water partition coefficient (Wildman–Crippen LogP) is 3.70. The first-order chi connectivity index (χ1) is 17.0. The number of nitrogens with one attached hydrogen (secondary N) is 2. The first-order valence-corrected chi connectivity index (χ1v) is 13.9. The highest BCUT2D eigenvalue weighted by Gasteiger charge is 2.31. The van der Waals surface area contributed by atoms with E-state index in [-0.39, 0.29) is 12.3 Å². The van der Waals surface area contributed by atoms with Gasteiger partial charge in [-0.05, 0) is 44.9 Å². The monoisotopic (exact) mass is 543 g/mol. The zero-order chi connectivity index (χ0) is 29.0. The number of phosphoric acid groups is 1. The summed E-state index contributed by atoms with van der Waals surface area (Å²) >= 11 is 0. The Labute approximate surface area is 221 Å². The Morgan fingerprint density at radius 1 is 1.11 bits per heavy atom. The Kier molecular flexibility index (Phi) is 14.9. The van der Waals surface area contributed by atoms with E-state index in [9.17, 15) is 23.8 Å². The van der Waals surface area contributed by atoms with Crippen molar-refractivity contribution in [3.63, 3.8) is 0 Å². The van der Waals surface area contributed by atoms with Gasteiger partial charge in [0.25, 0.3) is 7.82 Å². The van der Waals surface area contributed by atoms with Crippen molar-refractivity contribution < 1.29 is 37.6 Å². The van der Waals surface area contributed by atoms with Crippen LogP contribution >= 0.6 is 7.82 Å². The van der Waals surface area contributed by atoms with Crippen molar-refractivity contribution in [1.29, 1.82) is 0 Å². The van der Waals surface area contributed by atoms with Crippen LogP contribution in [-0.2, 0) is 33.4 Å². The van der Waals surface area contributed by atoms with E-state index in [0.717, 1.165) is 23.8 Å². The molecule has 212 valence electrons. The van der Waals surface area contributed by atoms with Crippen LogP contribution < -0.4 is 20.3 Å². The van der Waals surface area contributed by atoms with Crippen LogP contribution in [0.1, 0.15) is 78.0 Å². The van der Waals surface area contributed by atoms with Crippen LogP contribution in [0.25, 0.3) is 0 Å². The van der Waals surface area contributed by atoms with Gasteiger partial charge < -0.3 is 29.3 Å². The van der Waals surface area contributed by atoms with Crippen LogP contribution in [0.5, 0.6) is 5.75 Å². The molecule has 0 saturated heterocycles. The quantitative estimate of drug-likeness (QED) is 0.231. The third kappa shape index (κ3) is 12.2. The second-order valence-electron chi connectivity index (χ2n) is 9.65. The molecule has 1 aromatic rings. The lowest BCUT2D eigenvalue weighted by atomic mass is 9.78. The Morgan fingerprint density at radius 3 is 2.19 bits per heavy atom. The van der Waals surface area contributed by atoms with E-state index in [1.807, 2.05) is 40.7 Å². The molecule has 0 radical (unpaired) electrons. The maximum atomic E-state index is 12.8. The van der Waals surface area contributed by atoms with Crippen LogP contribution in [0, 0.1) is 19.8 Å². The van der Waals surface area contributed by atoms with E-state index < -0.39 is 43.7 Å². The predicted molar refractivity (Wildman–Crippen MR) is 141 cm³/mol. The lowest BCUT2D eigenvalue weighted by molar-refractivity contribution is -0.223. The first-order valence-electron chi connectivity index (χ1n) is 12.5. The number of aryl methyl sites for hydroxylation is 2. The van der Waals surface area contributed by atoms with Crippen LogP contribution in [0.3, 0.4) is 0 Å². The number of hydrogen-bond acceptors (Lipinski definition) is 8. The van der Waals surface area contributed by atoms with Crippen molar-refractivity contribution in [3.05, 3.63) is 28.8 Å². The molecule has 11 heteroatoms. The number of phosphoric ester groups is 1. The molecule has 0 aliphatic carbocycles. The zero-order valence-corrected chi connectivity index (χ0v) is 24.7. The largest absolute Gasteiger partial charge is 0.756 e. The molecule has 1 rings (SSSR count). The highest BCUT2D eigenvalue weighted by Crippen LogP contribution is 2.38. The number of ether oxygens (including phenoxy) is 1. The van der Waals surface area contributed by atoms with Gasteiger partial charge in [0.15, 0.2) is 0 Å². The van der Waals surface area contributed by atoms with E-state index >= 15 is 0 Å². The molecule has 0 saturated carbocycles. The highest BCUT2D eigenvalue weighted by atomic mass is 31.2. The highest BCUT2D eigenvalue weighted by molar-refractivity contribution is 7.45. The van der Waals surface area contributed by atoms with Crippen LogP contribution in [-0.4, -0.2) is 44.1 Å². The number of carbonyl (C=O) groups is 3. The fourth-order valence-electron chi connectivity index (χ4n) is 3.57. The van der Waals surface area contributed by atoms with Gasteiger partial charge in [0.05, 0.1) is 12.5 Å². The molecule has 1 aromatic carbocycles. The normalized spacial score (nSPS) is 14.4. The molecular formula is C26H44N2O8P-. The molecule has 0 bridgehead atoms.